The van der Waals surface area contributed by atoms with Gasteiger partial charge in [-0.3, -0.25) is 14.4 Å². The lowest BCUT2D eigenvalue weighted by Crippen LogP contribution is -2.30. The molecule has 1 atom stereocenters. The zero-order valence-electron chi connectivity index (χ0n) is 53.3. The van der Waals surface area contributed by atoms with Crippen molar-refractivity contribution >= 4 is 17.9 Å². The summed E-state index contributed by atoms with van der Waals surface area (Å²) in [6, 6.07) is 0. The highest BCUT2D eigenvalue weighted by Crippen LogP contribution is 2.18. The minimum Gasteiger partial charge on any atom is -0.462 e. The average Bonchev–Trinajstić information content (AvgIpc) is 3.46. The van der Waals surface area contributed by atoms with E-state index in [-0.39, 0.29) is 37.5 Å². The Morgan fingerprint density at radius 1 is 0.263 bits per heavy atom. The molecule has 0 bridgehead atoms. The number of allylic oxidation sites excluding steroid dienone is 12. The van der Waals surface area contributed by atoms with Crippen LogP contribution in [0.1, 0.15) is 361 Å². The summed E-state index contributed by atoms with van der Waals surface area (Å²) in [5.41, 5.74) is 0. The molecule has 0 saturated heterocycles. The van der Waals surface area contributed by atoms with E-state index in [1.165, 1.54) is 250 Å². The lowest BCUT2D eigenvalue weighted by atomic mass is 10.0. The fourth-order valence-electron chi connectivity index (χ4n) is 10.2. The second-order valence-corrected chi connectivity index (χ2v) is 23.4. The van der Waals surface area contributed by atoms with E-state index in [1.54, 1.807) is 0 Å². The third-order valence-electron chi connectivity index (χ3n) is 15.4. The minimum absolute atomic E-state index is 0.0961. The van der Waals surface area contributed by atoms with E-state index in [2.05, 4.69) is 87.6 Å². The van der Waals surface area contributed by atoms with Crippen LogP contribution in [-0.2, 0) is 28.6 Å². The van der Waals surface area contributed by atoms with Crippen LogP contribution >= 0.6 is 0 Å². The van der Waals surface area contributed by atoms with Crippen molar-refractivity contribution in [1.29, 1.82) is 0 Å². The number of unbranched alkanes of at least 4 members (excludes halogenated alkanes) is 41. The van der Waals surface area contributed by atoms with Gasteiger partial charge in [0.2, 0.25) is 0 Å². The molecule has 464 valence electrons. The largest absolute Gasteiger partial charge is 0.462 e. The zero-order chi connectivity index (χ0) is 57.8. The monoisotopic (exact) mass is 1120 g/mol. The molecule has 6 nitrogen and oxygen atoms in total. The second kappa shape index (κ2) is 68.3. The summed E-state index contributed by atoms with van der Waals surface area (Å²) < 4.78 is 16.9. The third-order valence-corrected chi connectivity index (χ3v) is 15.4. The van der Waals surface area contributed by atoms with Crippen molar-refractivity contribution in [2.75, 3.05) is 13.2 Å². The molecule has 0 aromatic carbocycles. The summed E-state index contributed by atoms with van der Waals surface area (Å²) in [6.07, 6.45) is 89.6. The highest BCUT2D eigenvalue weighted by molar-refractivity contribution is 5.71. The first-order valence-corrected chi connectivity index (χ1v) is 34.9. The van der Waals surface area contributed by atoms with Crippen molar-refractivity contribution in [3.8, 4) is 0 Å². The molecule has 0 fully saturated rings. The number of hydrogen-bond donors (Lipinski definition) is 0. The van der Waals surface area contributed by atoms with Gasteiger partial charge >= 0.3 is 17.9 Å². The van der Waals surface area contributed by atoms with Gasteiger partial charge in [-0.25, -0.2) is 0 Å². The van der Waals surface area contributed by atoms with Crippen molar-refractivity contribution in [3.63, 3.8) is 0 Å². The van der Waals surface area contributed by atoms with Crippen LogP contribution in [0.3, 0.4) is 0 Å². The quantitative estimate of drug-likeness (QED) is 0.0261. The molecular weight excluding hydrogens is 985 g/mol. The van der Waals surface area contributed by atoms with Crippen molar-refractivity contribution < 1.29 is 28.6 Å². The Kier molecular flexibility index (Phi) is 65.7. The van der Waals surface area contributed by atoms with Crippen LogP contribution in [-0.4, -0.2) is 37.2 Å². The Bertz CT molecular complexity index is 1470. The molecule has 0 radical (unpaired) electrons. The molecule has 0 aliphatic rings. The first-order chi connectivity index (χ1) is 39.5. The van der Waals surface area contributed by atoms with Gasteiger partial charge in [0.25, 0.3) is 0 Å². The molecule has 0 saturated carbocycles. The van der Waals surface area contributed by atoms with Crippen LogP contribution in [0.25, 0.3) is 0 Å². The molecule has 0 aromatic rings. The van der Waals surface area contributed by atoms with Gasteiger partial charge in [0.15, 0.2) is 6.10 Å². The van der Waals surface area contributed by atoms with Gasteiger partial charge in [0, 0.05) is 19.3 Å². The predicted octanol–water partition coefficient (Wildman–Crippen LogP) is 24.1. The van der Waals surface area contributed by atoms with Crippen molar-refractivity contribution in [3.05, 3.63) is 72.9 Å². The van der Waals surface area contributed by atoms with E-state index in [0.717, 1.165) is 64.2 Å². The zero-order valence-corrected chi connectivity index (χ0v) is 53.3. The van der Waals surface area contributed by atoms with E-state index >= 15 is 0 Å². The van der Waals surface area contributed by atoms with E-state index < -0.39 is 6.10 Å². The normalized spacial score (nSPS) is 12.5. The van der Waals surface area contributed by atoms with Crippen molar-refractivity contribution in [2.45, 2.75) is 367 Å². The SMILES string of the molecule is CC/C=C\C/C=C\C/C=C\C/C=C\CCC(=O)OCC(COC(=O)CCCCCCCCCCCCCCCCCCCCC/C=C\CCCCCCCCCC)OC(=O)CCCCCCCCC/C=C\CCCCCCCCC. The molecule has 0 aromatic heterocycles. The summed E-state index contributed by atoms with van der Waals surface area (Å²) in [6.45, 7) is 6.50. The van der Waals surface area contributed by atoms with E-state index in [9.17, 15) is 14.4 Å². The summed E-state index contributed by atoms with van der Waals surface area (Å²) in [7, 11) is 0. The van der Waals surface area contributed by atoms with E-state index in [4.69, 9.17) is 14.2 Å². The lowest BCUT2D eigenvalue weighted by Gasteiger charge is -2.18. The van der Waals surface area contributed by atoms with Gasteiger partial charge < -0.3 is 14.2 Å². The van der Waals surface area contributed by atoms with Crippen LogP contribution in [0.15, 0.2) is 72.9 Å². The number of carbonyl (C=O) groups is 3. The minimum atomic E-state index is -0.806. The molecule has 0 rings (SSSR count). The van der Waals surface area contributed by atoms with Gasteiger partial charge in [-0.15, -0.1) is 0 Å². The van der Waals surface area contributed by atoms with Gasteiger partial charge in [-0.2, -0.15) is 0 Å². The molecule has 80 heavy (non-hydrogen) atoms. The standard InChI is InChI=1S/C74H132O6/c1-4-7-10-13-16-19-22-25-27-29-31-32-33-34-35-36-37-38-39-40-41-42-43-45-46-49-52-55-58-61-64-67-73(76)79-70-71(69-78-72(75)66-63-60-57-54-51-48-24-21-18-15-12-9-6-3)80-74(77)68-65-62-59-56-53-50-47-44-30-28-26-23-20-17-14-11-8-5-2/h9,12,18,21,28-31,48,51,57,60,71H,4-8,10-11,13-17,19-20,22-27,32-47,49-50,52-56,58-59,61-70H2,1-3H3/b12-9-,21-18-,30-28-,31-29-,51-48-,60-57-. The fraction of sp³-hybridized carbons (Fsp3) is 0.797. The first kappa shape index (κ1) is 76.9. The number of ether oxygens (including phenoxy) is 3. The van der Waals surface area contributed by atoms with Crippen LogP contribution in [0.2, 0.25) is 0 Å². The second-order valence-electron chi connectivity index (χ2n) is 23.4. The van der Waals surface area contributed by atoms with Gasteiger partial charge in [0.05, 0.1) is 0 Å². The van der Waals surface area contributed by atoms with Gasteiger partial charge in [0.1, 0.15) is 13.2 Å². The summed E-state index contributed by atoms with van der Waals surface area (Å²) >= 11 is 0. The molecule has 1 unspecified atom stereocenters. The number of rotatable bonds is 64. The Morgan fingerprint density at radius 3 is 0.838 bits per heavy atom. The van der Waals surface area contributed by atoms with E-state index in [0.29, 0.717) is 19.3 Å². The summed E-state index contributed by atoms with van der Waals surface area (Å²) in [5, 5.41) is 0. The van der Waals surface area contributed by atoms with E-state index in [1.807, 2.05) is 6.08 Å². The molecule has 0 N–H and O–H groups in total. The lowest BCUT2D eigenvalue weighted by molar-refractivity contribution is -0.166. The Morgan fingerprint density at radius 2 is 0.512 bits per heavy atom. The molecule has 6 heteroatoms. The molecule has 0 amide bonds. The summed E-state index contributed by atoms with van der Waals surface area (Å²) in [4.78, 5) is 38.3. The predicted molar refractivity (Wildman–Crippen MR) is 348 cm³/mol. The highest BCUT2D eigenvalue weighted by Gasteiger charge is 2.19. The molecule has 0 aliphatic heterocycles. The average molecular weight is 1120 g/mol. The third kappa shape index (κ3) is 65.7. The maximum Gasteiger partial charge on any atom is 0.306 e. The molecule has 0 aliphatic carbocycles. The van der Waals surface area contributed by atoms with Gasteiger partial charge in [-0.05, 0) is 96.3 Å². The Labute approximate surface area is 497 Å². The van der Waals surface area contributed by atoms with Crippen molar-refractivity contribution in [2.24, 2.45) is 0 Å². The fourth-order valence-corrected chi connectivity index (χ4v) is 10.2. The maximum atomic E-state index is 12.9. The summed E-state index contributed by atoms with van der Waals surface area (Å²) in [5.74, 6) is -0.968. The van der Waals surface area contributed by atoms with Crippen LogP contribution in [0.5, 0.6) is 0 Å². The first-order valence-electron chi connectivity index (χ1n) is 34.9. The van der Waals surface area contributed by atoms with Crippen molar-refractivity contribution in [1.82, 2.24) is 0 Å². The topological polar surface area (TPSA) is 78.9 Å². The number of carbonyl (C=O) groups excluding carboxylic acids is 3. The van der Waals surface area contributed by atoms with Crippen LogP contribution < -0.4 is 0 Å². The Hall–Kier alpha value is -3.15. The smallest absolute Gasteiger partial charge is 0.306 e. The highest BCUT2D eigenvalue weighted by atomic mass is 16.6. The van der Waals surface area contributed by atoms with Crippen LogP contribution in [0.4, 0.5) is 0 Å². The molecule has 0 spiro atoms. The van der Waals surface area contributed by atoms with Gasteiger partial charge in [-0.1, -0.05) is 318 Å². The molecule has 0 heterocycles. The molecular formula is C74H132O6. The number of hydrogen-bond acceptors (Lipinski definition) is 6. The van der Waals surface area contributed by atoms with Crippen LogP contribution in [0, 0.1) is 0 Å². The Balaban J connectivity index is 4.20. The number of esters is 3. The maximum absolute atomic E-state index is 12.9.